The highest BCUT2D eigenvalue weighted by molar-refractivity contribution is 6.19. The average molecular weight is 730 g/mol. The zero-order valence-electron chi connectivity index (χ0n) is 31.9. The van der Waals surface area contributed by atoms with Crippen LogP contribution in [0.4, 0.5) is 17.1 Å². The predicted octanol–water partition coefficient (Wildman–Crippen LogP) is 15.5. The van der Waals surface area contributed by atoms with Gasteiger partial charge in [0.2, 0.25) is 0 Å². The predicted molar refractivity (Wildman–Crippen MR) is 240 cm³/mol. The molecular weight excluding hydrogens is 691 g/mol. The van der Waals surface area contributed by atoms with Crippen molar-refractivity contribution in [3.05, 3.63) is 211 Å². The molecule has 1 heterocycles. The van der Waals surface area contributed by atoms with Crippen LogP contribution < -0.4 is 4.90 Å². The fourth-order valence-corrected chi connectivity index (χ4v) is 9.16. The van der Waals surface area contributed by atoms with Crippen LogP contribution in [-0.4, -0.2) is 0 Å². The lowest BCUT2D eigenvalue weighted by Crippen LogP contribution is -2.16. The van der Waals surface area contributed by atoms with Crippen molar-refractivity contribution in [2.45, 2.75) is 19.3 Å². The van der Waals surface area contributed by atoms with Gasteiger partial charge < -0.3 is 9.32 Å². The maximum Gasteiger partial charge on any atom is 0.143 e. The second-order valence-electron chi connectivity index (χ2n) is 15.7. The van der Waals surface area contributed by atoms with Gasteiger partial charge >= 0.3 is 0 Å². The molecule has 2 nitrogen and oxygen atoms in total. The van der Waals surface area contributed by atoms with Gasteiger partial charge in [-0.25, -0.2) is 0 Å². The number of benzene rings is 9. The molecule has 0 N–H and O–H groups in total. The summed E-state index contributed by atoms with van der Waals surface area (Å²) in [6.45, 7) is 4.70. The number of furan rings is 1. The van der Waals surface area contributed by atoms with E-state index >= 15 is 0 Å². The number of anilines is 3. The molecule has 11 rings (SSSR count). The Kier molecular flexibility index (Phi) is 7.55. The Bertz CT molecular complexity index is 3120. The highest BCUT2D eigenvalue weighted by atomic mass is 16.3. The van der Waals surface area contributed by atoms with Crippen LogP contribution in [0.1, 0.15) is 25.0 Å². The summed E-state index contributed by atoms with van der Waals surface area (Å²) in [7, 11) is 0. The molecule has 0 amide bonds. The van der Waals surface area contributed by atoms with Gasteiger partial charge in [0.15, 0.2) is 0 Å². The van der Waals surface area contributed by atoms with Gasteiger partial charge in [-0.05, 0) is 109 Å². The molecule has 270 valence electrons. The number of rotatable bonds is 6. The summed E-state index contributed by atoms with van der Waals surface area (Å²) in [5, 5.41) is 4.57. The van der Waals surface area contributed by atoms with Gasteiger partial charge in [-0.15, -0.1) is 0 Å². The SMILES string of the molecule is CC1(C)c2ccccc2-c2ccc(N(c3ccc(-c4ccccc4)cc3)c3ccc4oc5c(-c6ccc(-c7ccccc7)cc6)c6ccccc6cc5c4c3)cc21. The third kappa shape index (κ3) is 5.40. The van der Waals surface area contributed by atoms with E-state index < -0.39 is 0 Å². The van der Waals surface area contributed by atoms with Crippen LogP contribution in [0, 0.1) is 0 Å². The molecule has 0 aliphatic heterocycles. The van der Waals surface area contributed by atoms with Crippen LogP contribution >= 0.6 is 0 Å². The fraction of sp³-hybridized carbons (Fsp3) is 0.0545. The number of hydrogen-bond acceptors (Lipinski definition) is 2. The summed E-state index contributed by atoms with van der Waals surface area (Å²) in [5.41, 5.74) is 17.4. The van der Waals surface area contributed by atoms with E-state index in [9.17, 15) is 0 Å². The topological polar surface area (TPSA) is 16.4 Å². The highest BCUT2D eigenvalue weighted by Gasteiger charge is 2.35. The maximum absolute atomic E-state index is 6.88. The van der Waals surface area contributed by atoms with E-state index in [0.29, 0.717) is 0 Å². The summed E-state index contributed by atoms with van der Waals surface area (Å²) in [5.74, 6) is 0. The van der Waals surface area contributed by atoms with E-state index in [2.05, 4.69) is 219 Å². The van der Waals surface area contributed by atoms with E-state index in [1.807, 2.05) is 0 Å². The zero-order chi connectivity index (χ0) is 38.1. The van der Waals surface area contributed by atoms with Crippen molar-refractivity contribution < 1.29 is 4.42 Å². The van der Waals surface area contributed by atoms with Gasteiger partial charge in [0, 0.05) is 38.8 Å². The minimum absolute atomic E-state index is 0.119. The molecule has 0 radical (unpaired) electrons. The highest BCUT2D eigenvalue weighted by Crippen LogP contribution is 2.51. The van der Waals surface area contributed by atoms with E-state index in [1.165, 1.54) is 55.3 Å². The average Bonchev–Trinajstić information content (AvgIpc) is 3.74. The molecule has 0 fully saturated rings. The molecule has 2 heteroatoms. The summed E-state index contributed by atoms with van der Waals surface area (Å²) < 4.78 is 6.88. The van der Waals surface area contributed by atoms with Crippen molar-refractivity contribution in [1.82, 2.24) is 0 Å². The van der Waals surface area contributed by atoms with Crippen molar-refractivity contribution in [3.63, 3.8) is 0 Å². The molecule has 0 atom stereocenters. The van der Waals surface area contributed by atoms with E-state index in [-0.39, 0.29) is 5.41 Å². The number of fused-ring (bicyclic) bond motifs is 7. The van der Waals surface area contributed by atoms with Crippen molar-refractivity contribution in [2.24, 2.45) is 0 Å². The summed E-state index contributed by atoms with van der Waals surface area (Å²) >= 11 is 0. The molecular formula is C55H39NO. The van der Waals surface area contributed by atoms with Gasteiger partial charge in [-0.2, -0.15) is 0 Å². The molecule has 1 aliphatic rings. The van der Waals surface area contributed by atoms with Crippen molar-refractivity contribution in [2.75, 3.05) is 4.90 Å². The molecule has 0 saturated heterocycles. The Hall–Kier alpha value is -7.16. The Labute approximate surface area is 332 Å². The van der Waals surface area contributed by atoms with Gasteiger partial charge in [-0.3, -0.25) is 0 Å². The van der Waals surface area contributed by atoms with Gasteiger partial charge in [0.25, 0.3) is 0 Å². The molecule has 1 aromatic heterocycles. The number of hydrogen-bond donors (Lipinski definition) is 0. The Morgan fingerprint density at radius 3 is 1.67 bits per heavy atom. The quantitative estimate of drug-likeness (QED) is 0.169. The molecule has 10 aromatic rings. The van der Waals surface area contributed by atoms with Crippen molar-refractivity contribution in [3.8, 4) is 44.5 Å². The minimum Gasteiger partial charge on any atom is -0.455 e. The molecule has 0 bridgehead atoms. The molecule has 1 aliphatic carbocycles. The normalized spacial score (nSPS) is 12.9. The first-order chi connectivity index (χ1) is 28.0. The molecule has 0 spiro atoms. The molecule has 9 aromatic carbocycles. The monoisotopic (exact) mass is 729 g/mol. The molecule has 0 saturated carbocycles. The minimum atomic E-state index is -0.119. The van der Waals surface area contributed by atoms with Crippen LogP contribution in [0.5, 0.6) is 0 Å². The van der Waals surface area contributed by atoms with Crippen LogP contribution in [0.25, 0.3) is 77.2 Å². The molecule has 0 unspecified atom stereocenters. The van der Waals surface area contributed by atoms with Crippen LogP contribution in [-0.2, 0) is 5.41 Å². The Morgan fingerprint density at radius 1 is 0.386 bits per heavy atom. The zero-order valence-corrected chi connectivity index (χ0v) is 31.9. The lowest BCUT2D eigenvalue weighted by molar-refractivity contribution is 0.660. The largest absolute Gasteiger partial charge is 0.455 e. The van der Waals surface area contributed by atoms with E-state index in [0.717, 1.165) is 50.1 Å². The smallest absolute Gasteiger partial charge is 0.143 e. The second-order valence-corrected chi connectivity index (χ2v) is 15.7. The van der Waals surface area contributed by atoms with Gasteiger partial charge in [-0.1, -0.05) is 166 Å². The van der Waals surface area contributed by atoms with Crippen molar-refractivity contribution >= 4 is 49.8 Å². The first-order valence-corrected chi connectivity index (χ1v) is 19.8. The third-order valence-electron chi connectivity index (χ3n) is 12.1. The lowest BCUT2D eigenvalue weighted by Gasteiger charge is -2.28. The first-order valence-electron chi connectivity index (χ1n) is 19.8. The van der Waals surface area contributed by atoms with Gasteiger partial charge in [0.05, 0.1) is 0 Å². The second kappa shape index (κ2) is 13.0. The maximum atomic E-state index is 6.88. The van der Waals surface area contributed by atoms with Gasteiger partial charge in [0.1, 0.15) is 11.2 Å². The molecule has 57 heavy (non-hydrogen) atoms. The Balaban J connectivity index is 1.09. The lowest BCUT2D eigenvalue weighted by atomic mass is 9.82. The standard InChI is InChI=1S/C55H39NO/c1-55(2)50-20-12-11-19-46(50)47-31-29-44(35-51(47)55)56(42-27-25-39(26-28-42)37-15-7-4-8-16-37)43-30-32-52-48(34-43)49-33-41-17-9-10-18-45(41)53(54(49)57-52)40-23-21-38(22-24-40)36-13-5-3-6-14-36/h3-35H,1-2H3. The fourth-order valence-electron chi connectivity index (χ4n) is 9.16. The van der Waals surface area contributed by atoms with E-state index in [4.69, 9.17) is 4.42 Å². The summed E-state index contributed by atoms with van der Waals surface area (Å²) in [4.78, 5) is 2.40. The summed E-state index contributed by atoms with van der Waals surface area (Å²) in [6.07, 6.45) is 0. The number of nitrogens with zero attached hydrogens (tertiary/aromatic N) is 1. The van der Waals surface area contributed by atoms with Crippen LogP contribution in [0.3, 0.4) is 0 Å². The summed E-state index contributed by atoms with van der Waals surface area (Å²) in [6, 6.07) is 72.5. The van der Waals surface area contributed by atoms with Crippen molar-refractivity contribution in [1.29, 1.82) is 0 Å². The first kappa shape index (κ1) is 33.2. The third-order valence-corrected chi connectivity index (χ3v) is 12.1. The van der Waals surface area contributed by atoms with Crippen LogP contribution in [0.2, 0.25) is 0 Å². The van der Waals surface area contributed by atoms with E-state index in [1.54, 1.807) is 0 Å². The van der Waals surface area contributed by atoms with Crippen LogP contribution in [0.15, 0.2) is 205 Å². The Morgan fingerprint density at radius 2 is 0.930 bits per heavy atom.